The molecule has 2 fully saturated rings. The number of aryl methyl sites for hydroxylation is 1. The van der Waals surface area contributed by atoms with Crippen LogP contribution < -0.4 is 15.4 Å². The predicted octanol–water partition coefficient (Wildman–Crippen LogP) is 1.91. The maximum absolute atomic E-state index is 13.2. The van der Waals surface area contributed by atoms with Crippen molar-refractivity contribution in [1.29, 1.82) is 0 Å². The molecule has 10 heteroatoms. The summed E-state index contributed by atoms with van der Waals surface area (Å²) < 4.78 is 30.9. The van der Waals surface area contributed by atoms with E-state index >= 15 is 0 Å². The minimum Gasteiger partial charge on any atom is -0.368 e. The molecule has 1 heterocycles. The Morgan fingerprint density at radius 1 is 1.27 bits per heavy atom. The average molecular weight is 480 g/mol. The minimum atomic E-state index is -3.44. The van der Waals surface area contributed by atoms with Crippen molar-refractivity contribution in [3.63, 3.8) is 0 Å². The number of rotatable bonds is 9. The van der Waals surface area contributed by atoms with Gasteiger partial charge in [-0.25, -0.2) is 8.42 Å². The molecule has 33 heavy (non-hydrogen) atoms. The molecule has 2 amide bonds. The Morgan fingerprint density at radius 2 is 1.97 bits per heavy atom. The van der Waals surface area contributed by atoms with Crippen LogP contribution in [0.3, 0.4) is 0 Å². The standard InChI is InChI=1S/C23H33N3O6S/c1-5-19-20(18(27)13-32-19)25-22(29)17(12-23(3)9-6-10-23)24-21(28)15-7-8-16(14(2)11-15)26-33(4,30)31/h7-8,11,17,19-20,26H,5-6,9-10,12-13H2,1-4H3,(H,24,28)(H,25,29)/t17-,19-,20+/m0/s1. The smallest absolute Gasteiger partial charge is 0.251 e. The van der Waals surface area contributed by atoms with Crippen molar-refractivity contribution in [2.75, 3.05) is 17.6 Å². The zero-order chi connectivity index (χ0) is 24.4. The van der Waals surface area contributed by atoms with E-state index in [0.717, 1.165) is 25.5 Å². The van der Waals surface area contributed by atoms with E-state index in [1.165, 1.54) is 12.1 Å². The average Bonchev–Trinajstić information content (AvgIpc) is 3.06. The molecule has 182 valence electrons. The van der Waals surface area contributed by atoms with Crippen molar-refractivity contribution in [2.24, 2.45) is 5.41 Å². The van der Waals surface area contributed by atoms with Crippen LogP contribution in [0.4, 0.5) is 5.69 Å². The van der Waals surface area contributed by atoms with Crippen molar-refractivity contribution in [3.8, 4) is 0 Å². The van der Waals surface area contributed by atoms with Gasteiger partial charge in [0.15, 0.2) is 5.78 Å². The number of carbonyl (C=O) groups is 3. The fraction of sp³-hybridized carbons (Fsp3) is 0.609. The van der Waals surface area contributed by atoms with E-state index in [9.17, 15) is 22.8 Å². The van der Waals surface area contributed by atoms with Crippen molar-refractivity contribution in [1.82, 2.24) is 10.6 Å². The van der Waals surface area contributed by atoms with Crippen LogP contribution in [0.1, 0.15) is 61.9 Å². The molecule has 0 radical (unpaired) electrons. The lowest BCUT2D eigenvalue weighted by atomic mass is 9.67. The van der Waals surface area contributed by atoms with Gasteiger partial charge in [0.1, 0.15) is 18.7 Å². The van der Waals surface area contributed by atoms with Crippen LogP contribution >= 0.6 is 0 Å². The molecule has 2 aliphatic rings. The Kier molecular flexibility index (Phi) is 7.48. The fourth-order valence-electron chi connectivity index (χ4n) is 4.41. The number of hydrogen-bond donors (Lipinski definition) is 3. The number of carbonyl (C=O) groups excluding carboxylic acids is 3. The van der Waals surface area contributed by atoms with Gasteiger partial charge in [0, 0.05) is 5.56 Å². The Bertz CT molecular complexity index is 1030. The molecular formula is C23H33N3O6S. The summed E-state index contributed by atoms with van der Waals surface area (Å²) in [6.07, 6.45) is 4.78. The largest absolute Gasteiger partial charge is 0.368 e. The third kappa shape index (κ3) is 6.32. The maximum Gasteiger partial charge on any atom is 0.251 e. The van der Waals surface area contributed by atoms with E-state index in [1.54, 1.807) is 13.0 Å². The van der Waals surface area contributed by atoms with Gasteiger partial charge >= 0.3 is 0 Å². The number of anilines is 1. The number of benzene rings is 1. The molecule has 3 atom stereocenters. The number of ether oxygens (including phenoxy) is 1. The molecule has 9 nitrogen and oxygen atoms in total. The van der Waals surface area contributed by atoms with Crippen LogP contribution in [0.2, 0.25) is 0 Å². The number of hydrogen-bond acceptors (Lipinski definition) is 6. The van der Waals surface area contributed by atoms with Gasteiger partial charge in [-0.1, -0.05) is 20.3 Å². The van der Waals surface area contributed by atoms with Gasteiger partial charge in [0.25, 0.3) is 5.91 Å². The zero-order valence-electron chi connectivity index (χ0n) is 19.6. The second-order valence-corrected chi connectivity index (χ2v) is 11.3. The maximum atomic E-state index is 13.2. The van der Waals surface area contributed by atoms with Crippen molar-refractivity contribution >= 4 is 33.3 Å². The number of sulfonamides is 1. The highest BCUT2D eigenvalue weighted by Gasteiger charge is 2.40. The van der Waals surface area contributed by atoms with Gasteiger partial charge in [-0.15, -0.1) is 0 Å². The topological polar surface area (TPSA) is 131 Å². The molecule has 1 aliphatic carbocycles. The fourth-order valence-corrected chi connectivity index (χ4v) is 5.04. The second-order valence-electron chi connectivity index (χ2n) is 9.51. The molecule has 3 rings (SSSR count). The summed E-state index contributed by atoms with van der Waals surface area (Å²) in [4.78, 5) is 38.3. The first-order chi connectivity index (χ1) is 15.4. The Labute approximate surface area is 195 Å². The molecule has 0 bridgehead atoms. The molecule has 3 N–H and O–H groups in total. The first kappa shape index (κ1) is 25.2. The SMILES string of the molecule is CC[C@@H]1OCC(=O)[C@H]1NC(=O)[C@H](CC1(C)CCC1)NC(=O)c1ccc(NS(C)(=O)=O)c(C)c1. The second kappa shape index (κ2) is 9.80. The molecule has 1 aromatic carbocycles. The normalized spacial score (nSPS) is 22.8. The number of nitrogens with one attached hydrogen (secondary N) is 3. The third-order valence-electron chi connectivity index (χ3n) is 6.52. The van der Waals surface area contributed by atoms with Crippen LogP contribution in [0.25, 0.3) is 0 Å². The molecular weight excluding hydrogens is 446 g/mol. The lowest BCUT2D eigenvalue weighted by molar-refractivity contribution is -0.128. The summed E-state index contributed by atoms with van der Waals surface area (Å²) >= 11 is 0. The predicted molar refractivity (Wildman–Crippen MR) is 124 cm³/mol. The van der Waals surface area contributed by atoms with Gasteiger partial charge in [0.2, 0.25) is 15.9 Å². The molecule has 1 aromatic rings. The lowest BCUT2D eigenvalue weighted by Crippen LogP contribution is -2.55. The van der Waals surface area contributed by atoms with E-state index < -0.39 is 33.9 Å². The van der Waals surface area contributed by atoms with Crippen molar-refractivity contribution < 1.29 is 27.5 Å². The summed E-state index contributed by atoms with van der Waals surface area (Å²) in [6, 6.07) is 3.10. The number of ketones is 1. The van der Waals surface area contributed by atoms with Crippen LogP contribution in [0.5, 0.6) is 0 Å². The Morgan fingerprint density at radius 3 is 2.52 bits per heavy atom. The summed E-state index contributed by atoms with van der Waals surface area (Å²) in [7, 11) is -3.44. The molecule has 0 unspecified atom stereocenters. The molecule has 0 aromatic heterocycles. The van der Waals surface area contributed by atoms with E-state index in [-0.39, 0.29) is 23.9 Å². The highest BCUT2D eigenvalue weighted by atomic mass is 32.2. The van der Waals surface area contributed by atoms with Gasteiger partial charge in [-0.3, -0.25) is 19.1 Å². The molecule has 1 saturated carbocycles. The van der Waals surface area contributed by atoms with E-state index in [1.807, 2.05) is 6.92 Å². The van der Waals surface area contributed by atoms with Crippen LogP contribution in [0, 0.1) is 12.3 Å². The molecule has 1 saturated heterocycles. The van der Waals surface area contributed by atoms with Gasteiger partial charge < -0.3 is 15.4 Å². The first-order valence-corrected chi connectivity index (χ1v) is 13.1. The van der Waals surface area contributed by atoms with E-state index in [4.69, 9.17) is 4.74 Å². The minimum absolute atomic E-state index is 0.0225. The summed E-state index contributed by atoms with van der Waals surface area (Å²) in [5.74, 6) is -1.00. The highest BCUT2D eigenvalue weighted by molar-refractivity contribution is 7.92. The van der Waals surface area contributed by atoms with Gasteiger partial charge in [0.05, 0.1) is 18.0 Å². The molecule has 1 aliphatic heterocycles. The lowest BCUT2D eigenvalue weighted by Gasteiger charge is -2.41. The van der Waals surface area contributed by atoms with Crippen LogP contribution in [-0.4, -0.2) is 57.1 Å². The third-order valence-corrected chi connectivity index (χ3v) is 7.11. The van der Waals surface area contributed by atoms with Crippen LogP contribution in [-0.2, 0) is 24.3 Å². The van der Waals surface area contributed by atoms with E-state index in [2.05, 4.69) is 22.3 Å². The monoisotopic (exact) mass is 479 g/mol. The first-order valence-electron chi connectivity index (χ1n) is 11.2. The molecule has 0 spiro atoms. The van der Waals surface area contributed by atoms with E-state index in [0.29, 0.717) is 29.7 Å². The summed E-state index contributed by atoms with van der Waals surface area (Å²) in [6.45, 7) is 5.66. The quantitative estimate of drug-likeness (QED) is 0.496. The van der Waals surface area contributed by atoms with Gasteiger partial charge in [-0.2, -0.15) is 0 Å². The van der Waals surface area contributed by atoms with Crippen LogP contribution in [0.15, 0.2) is 18.2 Å². The summed E-state index contributed by atoms with van der Waals surface area (Å²) in [5, 5.41) is 5.63. The van der Waals surface area contributed by atoms with Crippen molar-refractivity contribution in [3.05, 3.63) is 29.3 Å². The number of amides is 2. The van der Waals surface area contributed by atoms with Gasteiger partial charge in [-0.05, 0) is 61.8 Å². The Hall–Kier alpha value is -2.46. The Balaban J connectivity index is 1.75. The number of Topliss-reactive ketones (excluding diaryl/α,β-unsaturated/α-hetero) is 1. The highest BCUT2D eigenvalue weighted by Crippen LogP contribution is 2.44. The zero-order valence-corrected chi connectivity index (χ0v) is 20.4. The van der Waals surface area contributed by atoms with Crippen molar-refractivity contribution in [2.45, 2.75) is 71.1 Å². The summed E-state index contributed by atoms with van der Waals surface area (Å²) in [5.41, 5.74) is 1.24.